The fourth-order valence-electron chi connectivity index (χ4n) is 1.76. The van der Waals surface area contributed by atoms with Crippen molar-refractivity contribution < 1.29 is 13.6 Å². The van der Waals surface area contributed by atoms with Crippen LogP contribution in [0.4, 0.5) is 0 Å². The molecule has 19 heavy (non-hydrogen) atoms. The highest BCUT2D eigenvalue weighted by molar-refractivity contribution is 7.54. The second-order valence-corrected chi connectivity index (χ2v) is 7.03. The van der Waals surface area contributed by atoms with Crippen LogP contribution in [0.1, 0.15) is 52.0 Å². The van der Waals surface area contributed by atoms with Gasteiger partial charge in [-0.25, -0.2) is 4.57 Å². The lowest BCUT2D eigenvalue weighted by atomic mass is 10.0. The van der Waals surface area contributed by atoms with Gasteiger partial charge < -0.3 is 9.05 Å². The third-order valence-corrected chi connectivity index (χ3v) is 4.91. The van der Waals surface area contributed by atoms with E-state index < -0.39 is 7.60 Å². The first kappa shape index (κ1) is 16.3. The van der Waals surface area contributed by atoms with Gasteiger partial charge in [0.05, 0.1) is 12.8 Å². The zero-order valence-corrected chi connectivity index (χ0v) is 13.3. The maximum atomic E-state index is 12.5. The van der Waals surface area contributed by atoms with Crippen LogP contribution in [0.25, 0.3) is 0 Å². The van der Waals surface area contributed by atoms with Gasteiger partial charge >= 0.3 is 7.60 Å². The summed E-state index contributed by atoms with van der Waals surface area (Å²) >= 11 is 0. The van der Waals surface area contributed by atoms with Crippen LogP contribution >= 0.6 is 7.60 Å². The highest BCUT2D eigenvalue weighted by Crippen LogP contribution is 2.49. The van der Waals surface area contributed by atoms with Crippen molar-refractivity contribution in [2.24, 2.45) is 0 Å². The maximum Gasteiger partial charge on any atom is 0.379 e. The van der Waals surface area contributed by atoms with Gasteiger partial charge in [0.25, 0.3) is 0 Å². The Morgan fingerprint density at radius 2 is 1.79 bits per heavy atom. The van der Waals surface area contributed by atoms with E-state index in [1.165, 1.54) is 5.56 Å². The summed E-state index contributed by atoms with van der Waals surface area (Å²) in [5.41, 5.74) is 1.24. The summed E-state index contributed by atoms with van der Waals surface area (Å²) in [6.07, 6.45) is 2.30. The quantitative estimate of drug-likeness (QED) is 0.614. The highest BCUT2D eigenvalue weighted by atomic mass is 31.2. The Morgan fingerprint density at radius 3 is 2.26 bits per heavy atom. The molecule has 0 saturated carbocycles. The number of hydrogen-bond acceptors (Lipinski definition) is 3. The minimum atomic E-state index is -3.00. The molecule has 1 atom stereocenters. The predicted octanol–water partition coefficient (Wildman–Crippen LogP) is 5.22. The lowest BCUT2D eigenvalue weighted by Gasteiger charge is -2.18. The minimum Gasteiger partial charge on any atom is -0.424 e. The van der Waals surface area contributed by atoms with Crippen LogP contribution in [0.3, 0.4) is 0 Å². The van der Waals surface area contributed by atoms with Crippen molar-refractivity contribution in [1.29, 1.82) is 0 Å². The Labute approximate surface area is 116 Å². The molecule has 1 rings (SSSR count). The fourth-order valence-corrected chi connectivity index (χ4v) is 3.57. The molecule has 0 aliphatic heterocycles. The molecular weight excluding hydrogens is 259 g/mol. The molecule has 0 radical (unpaired) electrons. The van der Waals surface area contributed by atoms with Crippen LogP contribution in [0.5, 0.6) is 5.75 Å². The van der Waals surface area contributed by atoms with Crippen molar-refractivity contribution in [3.63, 3.8) is 0 Å². The average molecular weight is 284 g/mol. The van der Waals surface area contributed by atoms with Gasteiger partial charge in [-0.05, 0) is 37.0 Å². The van der Waals surface area contributed by atoms with E-state index in [1.807, 2.05) is 31.2 Å². The minimum absolute atomic E-state index is 0.408. The van der Waals surface area contributed by atoms with E-state index >= 15 is 0 Å². The van der Waals surface area contributed by atoms with E-state index in [1.54, 1.807) is 0 Å². The SMILES string of the molecule is CCCCP(=O)(OCC)Oc1ccc(C(C)C)cc1. The third kappa shape index (κ3) is 5.38. The summed E-state index contributed by atoms with van der Waals surface area (Å²) in [5, 5.41) is 0. The van der Waals surface area contributed by atoms with Gasteiger partial charge in [0, 0.05) is 0 Å². The van der Waals surface area contributed by atoms with Crippen LogP contribution in [0, 0.1) is 0 Å². The van der Waals surface area contributed by atoms with Crippen molar-refractivity contribution in [3.8, 4) is 5.75 Å². The molecular formula is C15H25O3P. The Balaban J connectivity index is 2.75. The number of unbranched alkanes of at least 4 members (excludes halogenated alkanes) is 1. The van der Waals surface area contributed by atoms with Crippen molar-refractivity contribution in [2.75, 3.05) is 12.8 Å². The van der Waals surface area contributed by atoms with Gasteiger partial charge in [-0.3, -0.25) is 0 Å². The van der Waals surface area contributed by atoms with Crippen LogP contribution in [0.2, 0.25) is 0 Å². The first-order valence-corrected chi connectivity index (χ1v) is 8.76. The molecule has 108 valence electrons. The van der Waals surface area contributed by atoms with Gasteiger partial charge in [0.1, 0.15) is 5.75 Å². The molecule has 3 nitrogen and oxygen atoms in total. The number of benzene rings is 1. The standard InChI is InChI=1S/C15H25O3P/c1-5-7-12-19(16,17-6-2)18-15-10-8-14(9-11-15)13(3)4/h8-11,13H,5-7,12H2,1-4H3. The van der Waals surface area contributed by atoms with E-state index in [4.69, 9.17) is 9.05 Å². The van der Waals surface area contributed by atoms with Gasteiger partial charge in [-0.2, -0.15) is 0 Å². The first-order chi connectivity index (χ1) is 9.00. The monoisotopic (exact) mass is 284 g/mol. The molecule has 0 saturated heterocycles. The van der Waals surface area contributed by atoms with Gasteiger partial charge in [0.2, 0.25) is 0 Å². The summed E-state index contributed by atoms with van der Waals surface area (Å²) in [5.74, 6) is 1.10. The Kier molecular flexibility index (Phi) is 6.60. The number of rotatable bonds is 8. The van der Waals surface area contributed by atoms with E-state index in [9.17, 15) is 4.57 Å². The summed E-state index contributed by atoms with van der Waals surface area (Å²) in [7, 11) is -3.00. The summed E-state index contributed by atoms with van der Waals surface area (Å²) in [6, 6.07) is 7.76. The summed E-state index contributed by atoms with van der Waals surface area (Å²) in [4.78, 5) is 0. The van der Waals surface area contributed by atoms with Gasteiger partial charge in [-0.15, -0.1) is 0 Å². The van der Waals surface area contributed by atoms with E-state index in [2.05, 4.69) is 20.8 Å². The molecule has 4 heteroatoms. The number of hydrogen-bond donors (Lipinski definition) is 0. The van der Waals surface area contributed by atoms with E-state index in [-0.39, 0.29) is 0 Å². The Bertz CT molecular complexity index is 412. The lowest BCUT2D eigenvalue weighted by Crippen LogP contribution is -2.02. The molecule has 0 spiro atoms. The molecule has 0 fully saturated rings. The zero-order chi connectivity index (χ0) is 14.3. The summed E-state index contributed by atoms with van der Waals surface area (Å²) in [6.45, 7) is 8.59. The van der Waals surface area contributed by atoms with Crippen molar-refractivity contribution in [1.82, 2.24) is 0 Å². The molecule has 1 aromatic carbocycles. The van der Waals surface area contributed by atoms with Crippen molar-refractivity contribution in [2.45, 2.75) is 46.5 Å². The highest BCUT2D eigenvalue weighted by Gasteiger charge is 2.24. The van der Waals surface area contributed by atoms with Crippen LogP contribution in [0.15, 0.2) is 24.3 Å². The van der Waals surface area contributed by atoms with Crippen molar-refractivity contribution in [3.05, 3.63) is 29.8 Å². The molecule has 0 N–H and O–H groups in total. The van der Waals surface area contributed by atoms with Gasteiger partial charge in [0.15, 0.2) is 0 Å². The molecule has 0 aliphatic carbocycles. The maximum absolute atomic E-state index is 12.5. The Morgan fingerprint density at radius 1 is 1.16 bits per heavy atom. The zero-order valence-electron chi connectivity index (χ0n) is 12.4. The predicted molar refractivity (Wildman–Crippen MR) is 80.2 cm³/mol. The van der Waals surface area contributed by atoms with Crippen LogP contribution in [-0.2, 0) is 9.09 Å². The van der Waals surface area contributed by atoms with E-state index in [0.717, 1.165) is 12.8 Å². The van der Waals surface area contributed by atoms with E-state index in [0.29, 0.717) is 24.4 Å². The summed E-state index contributed by atoms with van der Waals surface area (Å²) < 4.78 is 23.5. The fraction of sp³-hybridized carbons (Fsp3) is 0.600. The molecule has 0 heterocycles. The van der Waals surface area contributed by atoms with Crippen molar-refractivity contribution >= 4 is 7.60 Å². The average Bonchev–Trinajstić information content (AvgIpc) is 2.37. The second-order valence-electron chi connectivity index (χ2n) is 4.92. The smallest absolute Gasteiger partial charge is 0.379 e. The lowest BCUT2D eigenvalue weighted by molar-refractivity contribution is 0.278. The molecule has 1 unspecified atom stereocenters. The topological polar surface area (TPSA) is 35.5 Å². The first-order valence-electron chi connectivity index (χ1n) is 7.04. The normalized spacial score (nSPS) is 14.4. The largest absolute Gasteiger partial charge is 0.424 e. The molecule has 0 aromatic heterocycles. The second kappa shape index (κ2) is 7.72. The van der Waals surface area contributed by atoms with Gasteiger partial charge in [-0.1, -0.05) is 39.3 Å². The molecule has 0 amide bonds. The molecule has 0 bridgehead atoms. The van der Waals surface area contributed by atoms with Crippen LogP contribution in [-0.4, -0.2) is 12.8 Å². The van der Waals surface area contributed by atoms with Crippen LogP contribution < -0.4 is 4.52 Å². The molecule has 0 aliphatic rings. The Hall–Kier alpha value is -0.790. The third-order valence-electron chi connectivity index (χ3n) is 2.90. The molecule has 1 aromatic rings.